The quantitative estimate of drug-likeness (QED) is 0.730. The van der Waals surface area contributed by atoms with Crippen molar-refractivity contribution < 1.29 is 8.42 Å². The van der Waals surface area contributed by atoms with Gasteiger partial charge < -0.3 is 0 Å². The highest BCUT2D eigenvalue weighted by atomic mass is 32.2. The van der Waals surface area contributed by atoms with Crippen molar-refractivity contribution in [2.45, 2.75) is 46.0 Å². The average molecular weight is 233 g/mol. The van der Waals surface area contributed by atoms with E-state index in [4.69, 9.17) is 0 Å². The topological polar surface area (TPSA) is 37.4 Å². The van der Waals surface area contributed by atoms with Gasteiger partial charge in [-0.15, -0.1) is 0 Å². The van der Waals surface area contributed by atoms with E-state index in [-0.39, 0.29) is 0 Å². The maximum atomic E-state index is 11.9. The predicted octanol–water partition coefficient (Wildman–Crippen LogP) is 2.24. The molecule has 1 heterocycles. The van der Waals surface area contributed by atoms with Crippen LogP contribution in [0.5, 0.6) is 0 Å². The summed E-state index contributed by atoms with van der Waals surface area (Å²) in [5.74, 6) is 0.937. The summed E-state index contributed by atoms with van der Waals surface area (Å²) in [6.07, 6.45) is 5.05. The largest absolute Gasteiger partial charge is 0.214 e. The van der Waals surface area contributed by atoms with E-state index in [1.165, 1.54) is 6.42 Å². The molecule has 0 N–H and O–H groups in total. The van der Waals surface area contributed by atoms with Gasteiger partial charge in [-0.3, -0.25) is 0 Å². The van der Waals surface area contributed by atoms with Crippen molar-refractivity contribution in [1.29, 1.82) is 0 Å². The Bertz CT molecular complexity index is 266. The van der Waals surface area contributed by atoms with Gasteiger partial charge in [0, 0.05) is 13.1 Å². The van der Waals surface area contributed by atoms with Crippen LogP contribution in [0, 0.1) is 5.92 Å². The van der Waals surface area contributed by atoms with Crippen molar-refractivity contribution in [3.63, 3.8) is 0 Å². The molecule has 4 heteroatoms. The molecular weight excluding hydrogens is 210 g/mol. The Morgan fingerprint density at radius 3 is 2.27 bits per heavy atom. The average Bonchev–Trinajstić information content (AvgIpc) is 2.18. The number of piperidine rings is 1. The van der Waals surface area contributed by atoms with E-state index in [0.717, 1.165) is 38.8 Å². The molecular formula is C11H23NO2S. The van der Waals surface area contributed by atoms with Gasteiger partial charge in [-0.1, -0.05) is 20.3 Å². The molecule has 0 aromatic carbocycles. The van der Waals surface area contributed by atoms with Crippen molar-refractivity contribution in [2.24, 2.45) is 5.92 Å². The highest BCUT2D eigenvalue weighted by Gasteiger charge is 2.23. The monoisotopic (exact) mass is 233 g/mol. The van der Waals surface area contributed by atoms with Gasteiger partial charge in [-0.05, 0) is 31.6 Å². The minimum atomic E-state index is -2.95. The molecule has 3 nitrogen and oxygen atoms in total. The number of nitrogens with zero attached hydrogens (tertiary/aromatic N) is 1. The minimum absolute atomic E-state index is 0.338. The minimum Gasteiger partial charge on any atom is -0.212 e. The second-order valence-corrected chi connectivity index (χ2v) is 6.90. The lowest BCUT2D eigenvalue weighted by atomic mass is 10.1. The fourth-order valence-electron chi connectivity index (χ4n) is 1.95. The van der Waals surface area contributed by atoms with Crippen LogP contribution in [0.3, 0.4) is 0 Å². The van der Waals surface area contributed by atoms with Crippen LogP contribution < -0.4 is 0 Å². The van der Waals surface area contributed by atoms with Crippen LogP contribution in [-0.4, -0.2) is 31.6 Å². The van der Waals surface area contributed by atoms with E-state index in [1.54, 1.807) is 4.31 Å². The number of hydrogen-bond acceptors (Lipinski definition) is 2. The summed E-state index contributed by atoms with van der Waals surface area (Å²) in [6.45, 7) is 5.75. The van der Waals surface area contributed by atoms with Crippen LogP contribution in [0.25, 0.3) is 0 Å². The SMILES string of the molecule is CC(C)CCCS(=O)(=O)N1CCCCC1. The van der Waals surface area contributed by atoms with Crippen molar-refractivity contribution in [3.05, 3.63) is 0 Å². The van der Waals surface area contributed by atoms with Crippen LogP contribution in [0.4, 0.5) is 0 Å². The molecule has 0 aliphatic carbocycles. The first-order valence-corrected chi connectivity index (χ1v) is 7.61. The molecule has 0 radical (unpaired) electrons. The van der Waals surface area contributed by atoms with Crippen molar-refractivity contribution in [3.8, 4) is 0 Å². The second-order valence-electron chi connectivity index (χ2n) is 4.81. The lowest BCUT2D eigenvalue weighted by molar-refractivity contribution is 0.345. The Kier molecular flexibility index (Phi) is 5.06. The molecule has 0 aromatic rings. The molecule has 15 heavy (non-hydrogen) atoms. The first-order chi connectivity index (χ1) is 7.02. The standard InChI is InChI=1S/C11H23NO2S/c1-11(2)7-6-10-15(13,14)12-8-4-3-5-9-12/h11H,3-10H2,1-2H3. The van der Waals surface area contributed by atoms with Crippen molar-refractivity contribution >= 4 is 10.0 Å². The van der Waals surface area contributed by atoms with Gasteiger partial charge in [0.1, 0.15) is 0 Å². The first kappa shape index (κ1) is 13.0. The number of sulfonamides is 1. The molecule has 1 rings (SSSR count). The van der Waals surface area contributed by atoms with E-state index >= 15 is 0 Å². The molecule has 1 aliphatic heterocycles. The zero-order chi connectivity index (χ0) is 11.3. The third-order valence-corrected chi connectivity index (χ3v) is 4.85. The Morgan fingerprint density at radius 1 is 1.13 bits per heavy atom. The van der Waals surface area contributed by atoms with Crippen molar-refractivity contribution in [2.75, 3.05) is 18.8 Å². The van der Waals surface area contributed by atoms with Gasteiger partial charge in [0.2, 0.25) is 10.0 Å². The molecule has 1 fully saturated rings. The van der Waals surface area contributed by atoms with Gasteiger partial charge in [0.15, 0.2) is 0 Å². The normalized spacial score (nSPS) is 19.7. The fourth-order valence-corrected chi connectivity index (χ4v) is 3.55. The predicted molar refractivity (Wildman–Crippen MR) is 63.3 cm³/mol. The van der Waals surface area contributed by atoms with Crippen LogP contribution in [-0.2, 0) is 10.0 Å². The zero-order valence-corrected chi connectivity index (χ0v) is 10.7. The molecule has 0 aromatic heterocycles. The summed E-state index contributed by atoms with van der Waals surface area (Å²) in [6, 6.07) is 0. The van der Waals surface area contributed by atoms with Crippen LogP contribution in [0.1, 0.15) is 46.0 Å². The molecule has 0 atom stereocenters. The number of hydrogen-bond donors (Lipinski definition) is 0. The summed E-state index contributed by atoms with van der Waals surface area (Å²) in [7, 11) is -2.95. The molecule has 1 saturated heterocycles. The van der Waals surface area contributed by atoms with Gasteiger partial charge in [-0.25, -0.2) is 12.7 Å². The smallest absolute Gasteiger partial charge is 0.212 e. The Balaban J connectivity index is 2.36. The summed E-state index contributed by atoms with van der Waals surface area (Å²) in [5, 5.41) is 0. The van der Waals surface area contributed by atoms with Gasteiger partial charge in [0.05, 0.1) is 5.75 Å². The molecule has 90 valence electrons. The molecule has 0 spiro atoms. The summed E-state index contributed by atoms with van der Waals surface area (Å²) in [4.78, 5) is 0. The Labute approximate surface area is 93.9 Å². The number of rotatable bonds is 5. The highest BCUT2D eigenvalue weighted by Crippen LogP contribution is 2.15. The summed E-state index contributed by atoms with van der Waals surface area (Å²) in [5.41, 5.74) is 0. The Hall–Kier alpha value is -0.0900. The second kappa shape index (κ2) is 5.85. The molecule has 0 amide bonds. The van der Waals surface area contributed by atoms with Crippen LogP contribution in [0.15, 0.2) is 0 Å². The third-order valence-electron chi connectivity index (χ3n) is 2.89. The van der Waals surface area contributed by atoms with Crippen molar-refractivity contribution in [1.82, 2.24) is 4.31 Å². The lowest BCUT2D eigenvalue weighted by Crippen LogP contribution is -2.37. The van der Waals surface area contributed by atoms with Gasteiger partial charge in [-0.2, -0.15) is 0 Å². The van der Waals surface area contributed by atoms with E-state index in [2.05, 4.69) is 13.8 Å². The first-order valence-electron chi connectivity index (χ1n) is 6.00. The van der Waals surface area contributed by atoms with E-state index in [9.17, 15) is 8.42 Å². The van der Waals surface area contributed by atoms with Crippen LogP contribution >= 0.6 is 0 Å². The maximum Gasteiger partial charge on any atom is 0.214 e. The van der Waals surface area contributed by atoms with Gasteiger partial charge >= 0.3 is 0 Å². The highest BCUT2D eigenvalue weighted by molar-refractivity contribution is 7.89. The fraction of sp³-hybridized carbons (Fsp3) is 1.00. The molecule has 0 unspecified atom stereocenters. The van der Waals surface area contributed by atoms with Crippen LogP contribution in [0.2, 0.25) is 0 Å². The molecule has 1 aliphatic rings. The summed E-state index contributed by atoms with van der Waals surface area (Å²) >= 11 is 0. The molecule has 0 bridgehead atoms. The third kappa shape index (κ3) is 4.51. The summed E-state index contributed by atoms with van der Waals surface area (Å²) < 4.78 is 25.5. The van der Waals surface area contributed by atoms with Gasteiger partial charge in [0.25, 0.3) is 0 Å². The zero-order valence-electron chi connectivity index (χ0n) is 9.91. The van der Waals surface area contributed by atoms with E-state index in [0.29, 0.717) is 11.7 Å². The van der Waals surface area contributed by atoms with E-state index in [1.807, 2.05) is 0 Å². The van der Waals surface area contributed by atoms with E-state index < -0.39 is 10.0 Å². The maximum absolute atomic E-state index is 11.9. The lowest BCUT2D eigenvalue weighted by Gasteiger charge is -2.25. The molecule has 0 saturated carbocycles. The Morgan fingerprint density at radius 2 is 1.73 bits per heavy atom.